The van der Waals surface area contributed by atoms with Gasteiger partial charge in [-0.2, -0.15) is 15.1 Å². The van der Waals surface area contributed by atoms with Crippen LogP contribution in [0.4, 0.5) is 0 Å². The van der Waals surface area contributed by atoms with E-state index in [9.17, 15) is 4.79 Å². The smallest absolute Gasteiger partial charge is 0.283 e. The summed E-state index contributed by atoms with van der Waals surface area (Å²) in [6.07, 6.45) is 4.46. The molecule has 0 aliphatic carbocycles. The van der Waals surface area contributed by atoms with Gasteiger partial charge >= 0.3 is 0 Å². The highest BCUT2D eigenvalue weighted by molar-refractivity contribution is 8.26. The molecule has 0 saturated heterocycles. The van der Waals surface area contributed by atoms with E-state index >= 15 is 0 Å². The largest absolute Gasteiger partial charge is 0.493 e. The van der Waals surface area contributed by atoms with Gasteiger partial charge in [-0.05, 0) is 60.5 Å². The molecule has 10 heteroatoms. The summed E-state index contributed by atoms with van der Waals surface area (Å²) in [5.74, 6) is 1.17. The van der Waals surface area contributed by atoms with E-state index in [1.54, 1.807) is 36.4 Å². The number of unbranched alkanes of at least 4 members (excludes halogenated alkanes) is 1. The number of benzene rings is 2. The second kappa shape index (κ2) is 11.4. The molecule has 0 atom stereocenters. The second-order valence-electron chi connectivity index (χ2n) is 7.65. The number of carbonyl (C=O) groups excluding carboxylic acids is 1. The van der Waals surface area contributed by atoms with Crippen LogP contribution in [0.3, 0.4) is 0 Å². The van der Waals surface area contributed by atoms with Crippen LogP contribution < -0.4 is 14.2 Å². The lowest BCUT2D eigenvalue weighted by Gasteiger charge is -2.20. The maximum atomic E-state index is 12.6. The number of methoxy groups -OCH3 is 1. The first kappa shape index (κ1) is 24.8. The van der Waals surface area contributed by atoms with Gasteiger partial charge in [-0.3, -0.25) is 10.2 Å². The Morgan fingerprint density at radius 2 is 1.89 bits per heavy atom. The molecule has 2 aromatic rings. The molecule has 0 spiro atoms. The number of hydrogen-bond acceptors (Lipinski definition) is 7. The number of fused-ring (bicyclic) bond motifs is 1. The molecule has 2 heterocycles. The second-order valence-corrected chi connectivity index (χ2v) is 9.10. The summed E-state index contributed by atoms with van der Waals surface area (Å²) in [5.41, 5.74) is 0.842. The molecule has 182 valence electrons. The van der Waals surface area contributed by atoms with Crippen LogP contribution in [-0.2, 0) is 4.79 Å². The van der Waals surface area contributed by atoms with Gasteiger partial charge in [-0.1, -0.05) is 43.1 Å². The average molecular weight is 513 g/mol. The van der Waals surface area contributed by atoms with Crippen LogP contribution in [0.1, 0.15) is 31.7 Å². The zero-order valence-corrected chi connectivity index (χ0v) is 21.0. The van der Waals surface area contributed by atoms with Gasteiger partial charge in [0, 0.05) is 0 Å². The normalized spacial score (nSPS) is 16.2. The molecule has 1 amide bonds. The minimum Gasteiger partial charge on any atom is -0.493 e. The lowest BCUT2D eigenvalue weighted by molar-refractivity contribution is -0.114. The molecule has 0 aromatic heterocycles. The Morgan fingerprint density at radius 3 is 2.63 bits per heavy atom. The standard InChI is InChI=1S/C25H25ClN4O4S/c1-3-4-9-22-29-30-23(27)17(24(31)28-25(30)35-22)14-16-10-11-20(21(15-16)32-2)34-13-12-33-19-8-6-5-7-18(19)26/h5-8,10-11,14-15,27H,3-4,9,12-13H2,1-2H3/b17-14+,27-23?. The predicted molar refractivity (Wildman–Crippen MR) is 140 cm³/mol. The van der Waals surface area contributed by atoms with Crippen molar-refractivity contribution in [3.63, 3.8) is 0 Å². The molecule has 0 saturated carbocycles. The molecule has 2 aliphatic rings. The molecule has 8 nitrogen and oxygen atoms in total. The number of ether oxygens (including phenoxy) is 3. The predicted octanol–water partition coefficient (Wildman–Crippen LogP) is 5.62. The number of rotatable bonds is 10. The summed E-state index contributed by atoms with van der Waals surface area (Å²) < 4.78 is 16.9. The summed E-state index contributed by atoms with van der Waals surface area (Å²) in [5, 5.41) is 16.3. The van der Waals surface area contributed by atoms with E-state index in [-0.39, 0.29) is 18.0 Å². The summed E-state index contributed by atoms with van der Waals surface area (Å²) in [6.45, 7) is 2.70. The Kier molecular flexibility index (Phi) is 8.09. The highest BCUT2D eigenvalue weighted by atomic mass is 35.5. The van der Waals surface area contributed by atoms with E-state index < -0.39 is 5.91 Å². The molecule has 0 radical (unpaired) electrons. The van der Waals surface area contributed by atoms with Crippen molar-refractivity contribution >= 4 is 51.4 Å². The summed E-state index contributed by atoms with van der Waals surface area (Å²) in [6, 6.07) is 12.5. The molecular weight excluding hydrogens is 488 g/mol. The van der Waals surface area contributed by atoms with Crippen LogP contribution in [0.15, 0.2) is 58.1 Å². The van der Waals surface area contributed by atoms with Crippen molar-refractivity contribution in [2.45, 2.75) is 26.2 Å². The number of hydrazone groups is 1. The van der Waals surface area contributed by atoms with Crippen LogP contribution in [0.5, 0.6) is 17.2 Å². The van der Waals surface area contributed by atoms with Crippen molar-refractivity contribution in [1.29, 1.82) is 5.41 Å². The number of aliphatic imine (C=N–C) groups is 1. The van der Waals surface area contributed by atoms with E-state index in [0.29, 0.717) is 39.6 Å². The van der Waals surface area contributed by atoms with Crippen molar-refractivity contribution in [1.82, 2.24) is 5.01 Å². The van der Waals surface area contributed by atoms with Crippen molar-refractivity contribution in [3.05, 3.63) is 58.6 Å². The van der Waals surface area contributed by atoms with Crippen LogP contribution in [0, 0.1) is 5.41 Å². The highest BCUT2D eigenvalue weighted by Gasteiger charge is 2.35. The number of thioether (sulfide) groups is 1. The summed E-state index contributed by atoms with van der Waals surface area (Å²) in [7, 11) is 1.54. The minimum absolute atomic E-state index is 0.00927. The van der Waals surface area contributed by atoms with Gasteiger partial charge in [0.1, 0.15) is 24.0 Å². The van der Waals surface area contributed by atoms with E-state index in [0.717, 1.165) is 24.3 Å². The lowest BCUT2D eigenvalue weighted by Crippen LogP contribution is -2.35. The number of amides is 1. The topological polar surface area (TPSA) is 96.6 Å². The molecule has 0 fully saturated rings. The van der Waals surface area contributed by atoms with Crippen molar-refractivity contribution in [2.24, 2.45) is 10.1 Å². The van der Waals surface area contributed by atoms with E-state index in [1.807, 2.05) is 12.1 Å². The zero-order valence-electron chi connectivity index (χ0n) is 19.4. The van der Waals surface area contributed by atoms with Crippen molar-refractivity contribution in [3.8, 4) is 17.2 Å². The molecule has 35 heavy (non-hydrogen) atoms. The Balaban J connectivity index is 1.43. The zero-order chi connectivity index (χ0) is 24.8. The van der Waals surface area contributed by atoms with E-state index in [1.165, 1.54) is 23.9 Å². The summed E-state index contributed by atoms with van der Waals surface area (Å²) in [4.78, 5) is 16.8. The summed E-state index contributed by atoms with van der Waals surface area (Å²) >= 11 is 7.44. The number of nitrogens with one attached hydrogen (secondary N) is 1. The van der Waals surface area contributed by atoms with Gasteiger partial charge in [-0.15, -0.1) is 0 Å². The van der Waals surface area contributed by atoms with Gasteiger partial charge in [0.25, 0.3) is 5.91 Å². The first-order valence-corrected chi connectivity index (χ1v) is 12.4. The molecule has 1 N–H and O–H groups in total. The molecule has 2 aromatic carbocycles. The fraction of sp³-hybridized carbons (Fsp3) is 0.280. The average Bonchev–Trinajstić information content (AvgIpc) is 3.27. The Morgan fingerprint density at radius 1 is 1.11 bits per heavy atom. The third-order valence-corrected chi connectivity index (χ3v) is 6.45. The lowest BCUT2D eigenvalue weighted by atomic mass is 10.1. The number of para-hydroxylation sites is 1. The maximum Gasteiger partial charge on any atom is 0.283 e. The molecule has 4 rings (SSSR count). The quantitative estimate of drug-likeness (QED) is 0.328. The number of carbonyl (C=O) groups is 1. The van der Waals surface area contributed by atoms with Crippen LogP contribution in [-0.4, -0.2) is 47.3 Å². The molecule has 2 aliphatic heterocycles. The number of nitrogens with zero attached hydrogens (tertiary/aromatic N) is 3. The van der Waals surface area contributed by atoms with Gasteiger partial charge in [0.05, 0.1) is 17.7 Å². The van der Waals surface area contributed by atoms with Gasteiger partial charge in [-0.25, -0.2) is 0 Å². The van der Waals surface area contributed by atoms with Crippen molar-refractivity contribution in [2.75, 3.05) is 20.3 Å². The van der Waals surface area contributed by atoms with Crippen LogP contribution in [0.2, 0.25) is 5.02 Å². The van der Waals surface area contributed by atoms with Gasteiger partial charge in [0.2, 0.25) is 5.17 Å². The Hall–Kier alpha value is -3.30. The third kappa shape index (κ3) is 5.86. The van der Waals surface area contributed by atoms with Crippen molar-refractivity contribution < 1.29 is 19.0 Å². The van der Waals surface area contributed by atoms with E-state index in [4.69, 9.17) is 31.2 Å². The first-order chi connectivity index (χ1) is 17.0. The Bertz CT molecular complexity index is 1230. The highest BCUT2D eigenvalue weighted by Crippen LogP contribution is 2.32. The number of hydrogen-bond donors (Lipinski definition) is 1. The van der Waals surface area contributed by atoms with Gasteiger partial charge in [0.15, 0.2) is 17.3 Å². The molecular formula is C25H25ClN4O4S. The van der Waals surface area contributed by atoms with Crippen LogP contribution in [0.25, 0.3) is 6.08 Å². The number of halogens is 1. The molecule has 0 unspecified atom stereocenters. The first-order valence-electron chi connectivity index (χ1n) is 11.2. The monoisotopic (exact) mass is 512 g/mol. The number of amidine groups is 2. The minimum atomic E-state index is -0.461. The van der Waals surface area contributed by atoms with Gasteiger partial charge < -0.3 is 14.2 Å². The fourth-order valence-electron chi connectivity index (χ4n) is 3.39. The Labute approximate surface area is 213 Å². The molecule has 0 bridgehead atoms. The maximum absolute atomic E-state index is 12.6. The van der Waals surface area contributed by atoms with Crippen LogP contribution >= 0.6 is 23.4 Å². The van der Waals surface area contributed by atoms with E-state index in [2.05, 4.69) is 17.0 Å². The SMILES string of the molecule is CCCCC1=NN2C(=N)/C(=C\c3ccc(OCCOc4ccccc4Cl)c(OC)c3)C(=O)N=C2S1. The third-order valence-electron chi connectivity index (χ3n) is 5.17. The fourth-order valence-corrected chi connectivity index (χ4v) is 4.50.